The van der Waals surface area contributed by atoms with Crippen LogP contribution < -0.4 is 0 Å². The fourth-order valence-electron chi connectivity index (χ4n) is 11.2. The van der Waals surface area contributed by atoms with Gasteiger partial charge in [-0.3, -0.25) is 0 Å². The van der Waals surface area contributed by atoms with Crippen LogP contribution in [0.5, 0.6) is 0 Å². The molecule has 0 radical (unpaired) electrons. The highest BCUT2D eigenvalue weighted by atomic mass is 16.3. The molecule has 12 aromatic rings. The lowest BCUT2D eigenvalue weighted by molar-refractivity contribution is 0.590. The molecule has 0 aliphatic carbocycles. The smallest absolute Gasteiger partial charge is 0.143 e. The molecule has 10 aromatic carbocycles. The van der Waals surface area contributed by atoms with Gasteiger partial charge in [0, 0.05) is 43.1 Å². The lowest BCUT2D eigenvalue weighted by atomic mass is 9.82. The molecule has 2 aromatic heterocycles. The van der Waals surface area contributed by atoms with Gasteiger partial charge in [0.05, 0.1) is 0 Å². The van der Waals surface area contributed by atoms with E-state index < -0.39 is 0 Å². The van der Waals surface area contributed by atoms with Gasteiger partial charge in [0.15, 0.2) is 0 Å². The first-order valence-electron chi connectivity index (χ1n) is 23.5. The molecule has 0 amide bonds. The highest BCUT2D eigenvalue weighted by molar-refractivity contribution is 6.38. The Kier molecular flexibility index (Phi) is 8.66. The maximum Gasteiger partial charge on any atom is 0.143 e. The molecule has 2 heteroatoms. The van der Waals surface area contributed by atoms with E-state index in [9.17, 15) is 0 Å². The molecular weight excluding hydrogens is 801 g/mol. The van der Waals surface area contributed by atoms with Crippen molar-refractivity contribution >= 4 is 76.2 Å². The summed E-state index contributed by atoms with van der Waals surface area (Å²) < 4.78 is 14.2. The zero-order valence-electron chi connectivity index (χ0n) is 39.7. The maximum atomic E-state index is 7.10. The van der Waals surface area contributed by atoms with Gasteiger partial charge in [-0.1, -0.05) is 139 Å². The van der Waals surface area contributed by atoms with E-state index in [1.807, 2.05) is 0 Å². The van der Waals surface area contributed by atoms with Gasteiger partial charge in [0.2, 0.25) is 0 Å². The molecule has 0 atom stereocenters. The molecular formula is C64H54O2. The number of rotatable bonds is 4. The van der Waals surface area contributed by atoms with Crippen LogP contribution in [-0.4, -0.2) is 0 Å². The van der Waals surface area contributed by atoms with Gasteiger partial charge in [0.1, 0.15) is 22.3 Å². The highest BCUT2D eigenvalue weighted by Gasteiger charge is 2.26. The molecule has 0 fully saturated rings. The third kappa shape index (κ3) is 6.07. The Morgan fingerprint density at radius 3 is 1.02 bits per heavy atom. The summed E-state index contributed by atoms with van der Waals surface area (Å²) >= 11 is 0. The first-order valence-corrected chi connectivity index (χ1v) is 23.5. The molecule has 12 rings (SSSR count). The fourth-order valence-corrected chi connectivity index (χ4v) is 11.2. The number of hydrogen-bond acceptors (Lipinski definition) is 2. The van der Waals surface area contributed by atoms with Crippen molar-refractivity contribution in [3.05, 3.63) is 179 Å². The van der Waals surface area contributed by atoms with Crippen molar-refractivity contribution in [3.8, 4) is 44.5 Å². The second-order valence-electron chi connectivity index (χ2n) is 21.1. The van der Waals surface area contributed by atoms with Crippen LogP contribution in [0.25, 0.3) is 121 Å². The lowest BCUT2D eigenvalue weighted by Gasteiger charge is -2.21. The second kappa shape index (κ2) is 14.2. The minimum atomic E-state index is 0.0321. The van der Waals surface area contributed by atoms with Crippen molar-refractivity contribution in [2.75, 3.05) is 0 Å². The summed E-state index contributed by atoms with van der Waals surface area (Å²) in [6, 6.07) is 54.8. The lowest BCUT2D eigenvalue weighted by Crippen LogP contribution is -2.10. The molecule has 0 unspecified atom stereocenters. The number of aryl methyl sites for hydroxylation is 4. The molecule has 0 aliphatic heterocycles. The van der Waals surface area contributed by atoms with Gasteiger partial charge in [-0.25, -0.2) is 0 Å². The van der Waals surface area contributed by atoms with Gasteiger partial charge in [-0.05, 0) is 176 Å². The first kappa shape index (κ1) is 40.4. The van der Waals surface area contributed by atoms with Gasteiger partial charge >= 0.3 is 0 Å². The van der Waals surface area contributed by atoms with E-state index >= 15 is 0 Å². The van der Waals surface area contributed by atoms with E-state index in [0.717, 1.165) is 54.6 Å². The molecule has 0 saturated carbocycles. The van der Waals surface area contributed by atoms with Crippen molar-refractivity contribution in [1.82, 2.24) is 0 Å². The average molecular weight is 855 g/mol. The zero-order valence-corrected chi connectivity index (χ0v) is 39.7. The van der Waals surface area contributed by atoms with Crippen LogP contribution in [-0.2, 0) is 10.8 Å². The van der Waals surface area contributed by atoms with Crippen LogP contribution in [0, 0.1) is 27.7 Å². The fraction of sp³-hybridized carbons (Fsp3) is 0.188. The summed E-state index contributed by atoms with van der Waals surface area (Å²) in [6.45, 7) is 22.5. The Labute approximate surface area is 386 Å². The average Bonchev–Trinajstić information content (AvgIpc) is 3.85. The highest BCUT2D eigenvalue weighted by Crippen LogP contribution is 2.52. The van der Waals surface area contributed by atoms with Crippen LogP contribution in [0.4, 0.5) is 0 Å². The van der Waals surface area contributed by atoms with Gasteiger partial charge < -0.3 is 8.83 Å². The molecule has 2 heterocycles. The van der Waals surface area contributed by atoms with Gasteiger partial charge in [0.25, 0.3) is 0 Å². The second-order valence-corrected chi connectivity index (χ2v) is 21.1. The molecule has 2 nitrogen and oxygen atoms in total. The number of fused-ring (bicyclic) bond motifs is 8. The molecule has 66 heavy (non-hydrogen) atoms. The number of furan rings is 2. The van der Waals surface area contributed by atoms with Gasteiger partial charge in [-0.15, -0.1) is 0 Å². The van der Waals surface area contributed by atoms with E-state index in [1.165, 1.54) is 99.4 Å². The van der Waals surface area contributed by atoms with Crippen LogP contribution in [0.15, 0.2) is 154 Å². The number of hydrogen-bond donors (Lipinski definition) is 0. The van der Waals surface area contributed by atoms with E-state index in [4.69, 9.17) is 8.83 Å². The Morgan fingerprint density at radius 2 is 0.667 bits per heavy atom. The van der Waals surface area contributed by atoms with Gasteiger partial charge in [-0.2, -0.15) is 0 Å². The normalized spacial score (nSPS) is 12.7. The Hall–Kier alpha value is -7.16. The summed E-state index contributed by atoms with van der Waals surface area (Å²) in [7, 11) is 0. The monoisotopic (exact) mass is 854 g/mol. The molecule has 0 spiro atoms. The van der Waals surface area contributed by atoms with E-state index in [2.05, 4.69) is 215 Å². The molecule has 322 valence electrons. The summed E-state index contributed by atoms with van der Waals surface area (Å²) in [5.41, 5.74) is 21.1. The minimum Gasteiger partial charge on any atom is -0.455 e. The van der Waals surface area contributed by atoms with Crippen molar-refractivity contribution in [2.45, 2.75) is 80.1 Å². The summed E-state index contributed by atoms with van der Waals surface area (Å²) in [4.78, 5) is 0. The van der Waals surface area contributed by atoms with Crippen molar-refractivity contribution in [2.24, 2.45) is 0 Å². The summed E-state index contributed by atoms with van der Waals surface area (Å²) in [6.07, 6.45) is 0. The van der Waals surface area contributed by atoms with Crippen LogP contribution in [0.3, 0.4) is 0 Å². The molecule has 0 aliphatic rings. The predicted octanol–water partition coefficient (Wildman–Crippen LogP) is 18.9. The quantitative estimate of drug-likeness (QED) is 0.165. The van der Waals surface area contributed by atoms with E-state index in [-0.39, 0.29) is 10.8 Å². The molecule has 0 N–H and O–H groups in total. The minimum absolute atomic E-state index is 0.0321. The summed E-state index contributed by atoms with van der Waals surface area (Å²) in [5, 5.41) is 11.5. The van der Waals surface area contributed by atoms with Crippen LogP contribution in [0.2, 0.25) is 0 Å². The Balaban J connectivity index is 1.25. The van der Waals surface area contributed by atoms with Crippen LogP contribution in [0.1, 0.15) is 74.9 Å². The Morgan fingerprint density at radius 1 is 0.318 bits per heavy atom. The third-order valence-corrected chi connectivity index (χ3v) is 14.7. The van der Waals surface area contributed by atoms with E-state index in [0.29, 0.717) is 0 Å². The third-order valence-electron chi connectivity index (χ3n) is 14.7. The number of benzene rings is 10. The topological polar surface area (TPSA) is 26.3 Å². The first-order chi connectivity index (χ1) is 31.6. The summed E-state index contributed by atoms with van der Waals surface area (Å²) in [5.74, 6) is 0. The molecule has 0 saturated heterocycles. The Bertz CT molecular complexity index is 3650. The largest absolute Gasteiger partial charge is 0.455 e. The SMILES string of the molecule is Cc1cccc(C)c1-c1ccc2oc3c(cc4c(-c5ccc(C(C)(C)C)cc5)cc5c6oc7ccc(-c8c(C)cccc8C)cc7c6cc6c(-c7ccc(C(C)(C)C)cc7)cc3c4c65)c2c1. The van der Waals surface area contributed by atoms with Crippen LogP contribution >= 0.6 is 0 Å². The van der Waals surface area contributed by atoms with Crippen molar-refractivity contribution in [1.29, 1.82) is 0 Å². The predicted molar refractivity (Wildman–Crippen MR) is 283 cm³/mol. The van der Waals surface area contributed by atoms with E-state index in [1.54, 1.807) is 0 Å². The van der Waals surface area contributed by atoms with Crippen molar-refractivity contribution < 1.29 is 8.83 Å². The zero-order chi connectivity index (χ0) is 45.6. The maximum absolute atomic E-state index is 7.10. The molecule has 0 bridgehead atoms. The standard InChI is InChI=1S/C64H54O2/c1-35-13-11-14-36(2)57(35)41-21-27-55-47(29-41)51-33-49-45(39-17-23-43(24-18-39)63(5,6)7)32-54-60-50(46(31-53(59(49)60)61(51)65-55)40-19-25-44(26-20-40)64(8,9)10)34-52-48-30-42(22-28-56(48)66-62(52)54)58-37(3)15-12-16-38(58)4/h11-34H,1-10H3. The van der Waals surface area contributed by atoms with Crippen molar-refractivity contribution in [3.63, 3.8) is 0 Å².